The minimum Gasteiger partial charge on any atom is -0.493 e. The zero-order chi connectivity index (χ0) is 24.1. The highest BCUT2D eigenvalue weighted by atomic mass is 16.5. The molecule has 2 aromatic carbocycles. The molecule has 0 aliphatic rings. The minimum absolute atomic E-state index is 0.135. The van der Waals surface area contributed by atoms with Crippen LogP contribution in [0.2, 0.25) is 0 Å². The molecule has 1 atom stereocenters. The van der Waals surface area contributed by atoms with Gasteiger partial charge < -0.3 is 19.3 Å². The van der Waals surface area contributed by atoms with E-state index in [4.69, 9.17) is 9.47 Å². The van der Waals surface area contributed by atoms with Crippen LogP contribution in [0.3, 0.4) is 0 Å². The molecule has 0 saturated heterocycles. The zero-order valence-electron chi connectivity index (χ0n) is 21.9. The summed E-state index contributed by atoms with van der Waals surface area (Å²) in [6, 6.07) is 15.3. The van der Waals surface area contributed by atoms with E-state index in [1.807, 2.05) is 6.92 Å². The smallest absolute Gasteiger partial charge is 0.127 e. The second-order valence-electron chi connectivity index (χ2n) is 8.83. The Balaban J connectivity index is 2.29. The molecule has 0 fully saturated rings. The second kappa shape index (κ2) is 14.8. The molecule has 4 heteroatoms. The predicted octanol–water partition coefficient (Wildman–Crippen LogP) is 7.46. The molecule has 33 heavy (non-hydrogen) atoms. The first-order chi connectivity index (χ1) is 16.0. The molecule has 2 rings (SSSR count). The molecule has 0 saturated carbocycles. The number of hydrogen-bond donors (Lipinski definition) is 0. The average Bonchev–Trinajstić information content (AvgIpc) is 2.83. The van der Waals surface area contributed by atoms with Crippen molar-refractivity contribution in [1.82, 2.24) is 0 Å². The maximum absolute atomic E-state index is 6.55. The van der Waals surface area contributed by atoms with E-state index in [-0.39, 0.29) is 6.10 Å². The summed E-state index contributed by atoms with van der Waals surface area (Å²) >= 11 is 0. The SMILES string of the molecule is CCCCCCCCOC(c1ccc(N(C)C)cc1)c1ccc(N(CC)CC)cc1OCC. The number of nitrogens with zero attached hydrogens (tertiary/aromatic N) is 2. The van der Waals surface area contributed by atoms with E-state index < -0.39 is 0 Å². The van der Waals surface area contributed by atoms with Crippen molar-refractivity contribution < 1.29 is 9.47 Å². The van der Waals surface area contributed by atoms with Gasteiger partial charge in [-0.05, 0) is 51.0 Å². The van der Waals surface area contributed by atoms with E-state index in [2.05, 4.69) is 87.1 Å². The molecule has 0 heterocycles. The molecule has 184 valence electrons. The van der Waals surface area contributed by atoms with Crippen molar-refractivity contribution in [2.75, 3.05) is 50.2 Å². The van der Waals surface area contributed by atoms with Gasteiger partial charge in [-0.15, -0.1) is 0 Å². The largest absolute Gasteiger partial charge is 0.493 e. The van der Waals surface area contributed by atoms with Crippen molar-refractivity contribution in [2.45, 2.75) is 72.3 Å². The fourth-order valence-corrected chi connectivity index (χ4v) is 4.20. The number of benzene rings is 2. The Labute approximate surface area is 202 Å². The summed E-state index contributed by atoms with van der Waals surface area (Å²) in [7, 11) is 4.14. The first kappa shape index (κ1) is 27.0. The molecule has 0 aliphatic heterocycles. The predicted molar refractivity (Wildman–Crippen MR) is 143 cm³/mol. The molecule has 0 aliphatic carbocycles. The zero-order valence-corrected chi connectivity index (χ0v) is 21.9. The van der Waals surface area contributed by atoms with E-state index >= 15 is 0 Å². The maximum atomic E-state index is 6.55. The monoisotopic (exact) mass is 454 g/mol. The van der Waals surface area contributed by atoms with Crippen LogP contribution in [-0.4, -0.2) is 40.4 Å². The van der Waals surface area contributed by atoms with Gasteiger partial charge in [0.2, 0.25) is 0 Å². The van der Waals surface area contributed by atoms with Crippen molar-refractivity contribution in [1.29, 1.82) is 0 Å². The van der Waals surface area contributed by atoms with Gasteiger partial charge in [-0.1, -0.05) is 57.2 Å². The van der Waals surface area contributed by atoms with Gasteiger partial charge in [0.05, 0.1) is 6.61 Å². The maximum Gasteiger partial charge on any atom is 0.127 e. The summed E-state index contributed by atoms with van der Waals surface area (Å²) in [5.41, 5.74) is 4.67. The molecule has 2 aromatic rings. The Bertz CT molecular complexity index is 785. The summed E-state index contributed by atoms with van der Waals surface area (Å²) in [5.74, 6) is 0.923. The number of anilines is 2. The van der Waals surface area contributed by atoms with Gasteiger partial charge in [-0.2, -0.15) is 0 Å². The third kappa shape index (κ3) is 8.26. The third-order valence-corrected chi connectivity index (χ3v) is 6.20. The van der Waals surface area contributed by atoms with Crippen LogP contribution in [0.4, 0.5) is 11.4 Å². The van der Waals surface area contributed by atoms with E-state index in [0.717, 1.165) is 37.4 Å². The summed E-state index contributed by atoms with van der Waals surface area (Å²) < 4.78 is 12.7. The number of unbranched alkanes of at least 4 members (excludes halogenated alkanes) is 5. The normalized spacial score (nSPS) is 11.9. The quantitative estimate of drug-likeness (QED) is 0.246. The van der Waals surface area contributed by atoms with Crippen LogP contribution in [-0.2, 0) is 4.74 Å². The van der Waals surface area contributed by atoms with Crippen LogP contribution >= 0.6 is 0 Å². The molecule has 4 nitrogen and oxygen atoms in total. The lowest BCUT2D eigenvalue weighted by Crippen LogP contribution is -2.22. The molecule has 0 bridgehead atoms. The first-order valence-corrected chi connectivity index (χ1v) is 13.0. The van der Waals surface area contributed by atoms with E-state index in [1.165, 1.54) is 49.0 Å². The molecule has 0 spiro atoms. The Morgan fingerprint density at radius 3 is 2.00 bits per heavy atom. The summed E-state index contributed by atoms with van der Waals surface area (Å²) in [5, 5.41) is 0. The molecular weight excluding hydrogens is 408 g/mol. The van der Waals surface area contributed by atoms with Gasteiger partial charge >= 0.3 is 0 Å². The molecular formula is C29H46N2O2. The lowest BCUT2D eigenvalue weighted by Gasteiger charge is -2.26. The van der Waals surface area contributed by atoms with Crippen molar-refractivity contribution in [3.63, 3.8) is 0 Å². The van der Waals surface area contributed by atoms with Crippen molar-refractivity contribution in [3.8, 4) is 5.75 Å². The number of hydrogen-bond acceptors (Lipinski definition) is 4. The summed E-state index contributed by atoms with van der Waals surface area (Å²) in [6.45, 7) is 12.0. The molecule has 1 unspecified atom stereocenters. The van der Waals surface area contributed by atoms with Crippen LogP contribution < -0.4 is 14.5 Å². The fraction of sp³-hybridized carbons (Fsp3) is 0.586. The van der Waals surface area contributed by atoms with E-state index in [1.54, 1.807) is 0 Å². The highest BCUT2D eigenvalue weighted by Crippen LogP contribution is 2.36. The lowest BCUT2D eigenvalue weighted by molar-refractivity contribution is 0.0747. The first-order valence-electron chi connectivity index (χ1n) is 13.0. The topological polar surface area (TPSA) is 24.9 Å². The summed E-state index contributed by atoms with van der Waals surface area (Å²) in [6.07, 6.45) is 7.42. The minimum atomic E-state index is -0.135. The van der Waals surface area contributed by atoms with Crippen LogP contribution in [0.15, 0.2) is 42.5 Å². The molecule has 0 aromatic heterocycles. The number of rotatable bonds is 16. The van der Waals surface area contributed by atoms with Crippen molar-refractivity contribution in [2.24, 2.45) is 0 Å². The van der Waals surface area contributed by atoms with Crippen LogP contribution in [0.1, 0.15) is 83.5 Å². The Kier molecular flexibility index (Phi) is 12.2. The van der Waals surface area contributed by atoms with E-state index in [0.29, 0.717) is 6.61 Å². The van der Waals surface area contributed by atoms with Crippen LogP contribution in [0, 0.1) is 0 Å². The Morgan fingerprint density at radius 2 is 1.39 bits per heavy atom. The van der Waals surface area contributed by atoms with Crippen molar-refractivity contribution in [3.05, 3.63) is 53.6 Å². The fourth-order valence-electron chi connectivity index (χ4n) is 4.20. The third-order valence-electron chi connectivity index (χ3n) is 6.20. The van der Waals surface area contributed by atoms with Gasteiger partial charge in [-0.3, -0.25) is 0 Å². The van der Waals surface area contributed by atoms with Gasteiger partial charge in [0.25, 0.3) is 0 Å². The lowest BCUT2D eigenvalue weighted by atomic mass is 9.99. The van der Waals surface area contributed by atoms with Crippen LogP contribution in [0.25, 0.3) is 0 Å². The standard InChI is InChI=1S/C29H46N2O2/c1-7-11-12-13-14-15-22-33-29(24-16-18-25(19-17-24)30(5)6)27-21-20-26(31(8-2)9-3)23-28(27)32-10-4/h16-21,23,29H,7-15,22H2,1-6H3. The second-order valence-corrected chi connectivity index (χ2v) is 8.83. The van der Waals surface area contributed by atoms with Gasteiger partial charge in [-0.25, -0.2) is 0 Å². The molecule has 0 radical (unpaired) electrons. The van der Waals surface area contributed by atoms with Crippen molar-refractivity contribution >= 4 is 11.4 Å². The Hall–Kier alpha value is -2.20. The van der Waals surface area contributed by atoms with Gasteiger partial charge in [0, 0.05) is 56.8 Å². The highest BCUT2D eigenvalue weighted by Gasteiger charge is 2.21. The molecule has 0 amide bonds. The average molecular weight is 455 g/mol. The van der Waals surface area contributed by atoms with Gasteiger partial charge in [0.15, 0.2) is 0 Å². The van der Waals surface area contributed by atoms with E-state index in [9.17, 15) is 0 Å². The van der Waals surface area contributed by atoms with Gasteiger partial charge in [0.1, 0.15) is 11.9 Å². The molecule has 0 N–H and O–H groups in total. The van der Waals surface area contributed by atoms with Crippen LogP contribution in [0.5, 0.6) is 5.75 Å². The Morgan fingerprint density at radius 1 is 0.758 bits per heavy atom. The number of ether oxygens (including phenoxy) is 2. The highest BCUT2D eigenvalue weighted by molar-refractivity contribution is 5.56. The summed E-state index contributed by atoms with van der Waals surface area (Å²) in [4.78, 5) is 4.48.